The summed E-state index contributed by atoms with van der Waals surface area (Å²) in [6, 6.07) is 3.37. The number of hydrogen-bond donors (Lipinski definition) is 2. The van der Waals surface area contributed by atoms with Gasteiger partial charge in [-0.3, -0.25) is 4.90 Å². The Morgan fingerprint density at radius 1 is 1.23 bits per heavy atom. The quantitative estimate of drug-likeness (QED) is 0.228. The molecule has 0 spiro atoms. The lowest BCUT2D eigenvalue weighted by Gasteiger charge is -2.49. The zero-order valence-electron chi connectivity index (χ0n) is 25.1. The molecule has 1 saturated heterocycles. The molecule has 16 heteroatoms. The standard InChI is InChI=1S/C31H28ClF5N6O3S/c1-13(18-4-3-7-42(18)2)46-29-40-24-21-25(45-9-8-43(28(21)41-29)14-10-30(44,11-14)31(35,36)37)22(32)20(23(24)34)15-5-6-17(33)26-19(15)16(12-38)27(39)47-26/h5-6,13-14,18,44H,3-4,7-11,39H2,1-2H3/t13-,14?,18-,30?/m0/s1. The number of nitrogens with two attached hydrogens (primary N) is 1. The topological polar surface area (TPSA) is 121 Å². The van der Waals surface area contributed by atoms with Crippen molar-refractivity contribution in [1.29, 1.82) is 5.26 Å². The maximum absolute atomic E-state index is 17.0. The van der Waals surface area contributed by atoms with Gasteiger partial charge in [0.1, 0.15) is 40.9 Å². The van der Waals surface area contributed by atoms with Crippen molar-refractivity contribution in [2.45, 2.75) is 62.6 Å². The van der Waals surface area contributed by atoms with Gasteiger partial charge in [0.2, 0.25) is 0 Å². The lowest BCUT2D eigenvalue weighted by molar-refractivity contribution is -0.290. The summed E-state index contributed by atoms with van der Waals surface area (Å²) in [5.74, 6) is -1.60. The van der Waals surface area contributed by atoms with Crippen molar-refractivity contribution >= 4 is 54.7 Å². The third kappa shape index (κ3) is 4.91. The number of rotatable bonds is 5. The predicted molar refractivity (Wildman–Crippen MR) is 167 cm³/mol. The van der Waals surface area contributed by atoms with Crippen molar-refractivity contribution in [3.8, 4) is 29.0 Å². The van der Waals surface area contributed by atoms with Crippen LogP contribution in [0.3, 0.4) is 0 Å². The van der Waals surface area contributed by atoms with Crippen LogP contribution in [-0.2, 0) is 0 Å². The first-order chi connectivity index (χ1) is 22.2. The predicted octanol–water partition coefficient (Wildman–Crippen LogP) is 6.41. The van der Waals surface area contributed by atoms with Crippen molar-refractivity contribution in [3.05, 3.63) is 34.4 Å². The SMILES string of the molecule is C[C@H](Oc1nc2c3c(c(Cl)c(-c4ccc(F)c5sc(N)c(C#N)c45)c(F)c3n1)OCCN2C1CC(O)(C(F)(F)F)C1)[C@@H]1CCCN1C. The Morgan fingerprint density at radius 3 is 2.64 bits per heavy atom. The van der Waals surface area contributed by atoms with Crippen LogP contribution in [-0.4, -0.2) is 76.7 Å². The van der Waals surface area contributed by atoms with Crippen molar-refractivity contribution < 1.29 is 36.5 Å². The number of aromatic nitrogens is 2. The molecule has 0 bridgehead atoms. The first-order valence-corrected chi connectivity index (χ1v) is 16.1. The average molecular weight is 695 g/mol. The third-order valence-corrected chi connectivity index (χ3v) is 10.9. The molecule has 3 aliphatic rings. The molecule has 1 aliphatic carbocycles. The minimum absolute atomic E-state index is 0.0119. The van der Waals surface area contributed by atoms with Crippen molar-refractivity contribution in [2.24, 2.45) is 0 Å². The number of benzene rings is 2. The molecule has 2 aromatic heterocycles. The van der Waals surface area contributed by atoms with E-state index in [0.717, 1.165) is 36.8 Å². The Kier molecular flexibility index (Phi) is 7.58. The number of likely N-dealkylation sites (tertiary alicyclic amines) is 1. The van der Waals surface area contributed by atoms with Gasteiger partial charge in [-0.2, -0.15) is 28.4 Å². The van der Waals surface area contributed by atoms with Crippen molar-refractivity contribution in [2.75, 3.05) is 37.4 Å². The molecule has 2 atom stereocenters. The van der Waals surface area contributed by atoms with Gasteiger partial charge in [0.25, 0.3) is 0 Å². The smallest absolute Gasteiger partial charge is 0.417 e. The molecule has 2 fully saturated rings. The van der Waals surface area contributed by atoms with Crippen LogP contribution in [0.25, 0.3) is 32.1 Å². The number of nitrogen functional groups attached to an aromatic ring is 1. The molecule has 0 radical (unpaired) electrons. The molecular weight excluding hydrogens is 667 g/mol. The number of likely N-dealkylation sites (N-methyl/N-ethyl adjacent to an activating group) is 1. The van der Waals surface area contributed by atoms with Crippen LogP contribution in [0, 0.1) is 23.0 Å². The summed E-state index contributed by atoms with van der Waals surface area (Å²) in [5.41, 5.74) is 2.68. The van der Waals surface area contributed by atoms with E-state index in [-0.39, 0.29) is 84.5 Å². The van der Waals surface area contributed by atoms with E-state index in [0.29, 0.717) is 0 Å². The Hall–Kier alpha value is -3.71. The van der Waals surface area contributed by atoms with Gasteiger partial charge >= 0.3 is 12.2 Å². The summed E-state index contributed by atoms with van der Waals surface area (Å²) in [6.45, 7) is 2.65. The lowest BCUT2D eigenvalue weighted by Crippen LogP contribution is -2.63. The summed E-state index contributed by atoms with van der Waals surface area (Å²) in [4.78, 5) is 12.7. The van der Waals surface area contributed by atoms with Gasteiger partial charge in [-0.05, 0) is 45.0 Å². The minimum Gasteiger partial charge on any atom is -0.489 e. The Morgan fingerprint density at radius 2 is 1.98 bits per heavy atom. The van der Waals surface area contributed by atoms with Gasteiger partial charge < -0.3 is 25.2 Å². The number of hydrogen-bond acceptors (Lipinski definition) is 10. The van der Waals surface area contributed by atoms with Crippen LogP contribution in [0.1, 0.15) is 38.2 Å². The fourth-order valence-corrected chi connectivity index (χ4v) is 8.31. The van der Waals surface area contributed by atoms with E-state index >= 15 is 4.39 Å². The molecule has 3 N–H and O–H groups in total. The fourth-order valence-electron chi connectivity index (χ4n) is 7.03. The largest absolute Gasteiger partial charge is 0.489 e. The maximum atomic E-state index is 17.0. The second-order valence-electron chi connectivity index (χ2n) is 12.3. The Bertz CT molecular complexity index is 1980. The molecule has 0 amide bonds. The molecule has 2 aromatic carbocycles. The minimum atomic E-state index is -4.83. The molecule has 4 heterocycles. The van der Waals surface area contributed by atoms with Crippen LogP contribution in [0.5, 0.6) is 11.8 Å². The van der Waals surface area contributed by atoms with Gasteiger partial charge in [0.15, 0.2) is 17.2 Å². The molecule has 9 nitrogen and oxygen atoms in total. The second-order valence-corrected chi connectivity index (χ2v) is 13.7. The van der Waals surface area contributed by atoms with E-state index in [2.05, 4.69) is 14.9 Å². The molecule has 0 unspecified atom stereocenters. The first kappa shape index (κ1) is 31.9. The molecule has 7 rings (SSSR count). The van der Waals surface area contributed by atoms with E-state index in [1.165, 1.54) is 6.07 Å². The van der Waals surface area contributed by atoms with E-state index in [1.807, 2.05) is 20.0 Å². The van der Waals surface area contributed by atoms with Crippen LogP contribution in [0.4, 0.5) is 32.8 Å². The molecular formula is C31H28ClF5N6O3S. The van der Waals surface area contributed by atoms with E-state index < -0.39 is 48.4 Å². The highest BCUT2D eigenvalue weighted by atomic mass is 35.5. The number of halogens is 6. The van der Waals surface area contributed by atoms with Crippen LogP contribution in [0.2, 0.25) is 5.02 Å². The van der Waals surface area contributed by atoms with Crippen molar-refractivity contribution in [1.82, 2.24) is 14.9 Å². The highest BCUT2D eigenvalue weighted by molar-refractivity contribution is 7.23. The summed E-state index contributed by atoms with van der Waals surface area (Å²) < 4.78 is 85.0. The lowest BCUT2D eigenvalue weighted by atomic mass is 9.74. The fraction of sp³-hybridized carbons (Fsp3) is 0.452. The van der Waals surface area contributed by atoms with Gasteiger partial charge in [-0.25, -0.2) is 8.78 Å². The second kappa shape index (κ2) is 11.2. The van der Waals surface area contributed by atoms with Crippen LogP contribution in [0.15, 0.2) is 12.1 Å². The zero-order valence-corrected chi connectivity index (χ0v) is 26.7. The first-order valence-electron chi connectivity index (χ1n) is 14.9. The molecule has 47 heavy (non-hydrogen) atoms. The van der Waals surface area contributed by atoms with Crippen LogP contribution >= 0.6 is 22.9 Å². The van der Waals surface area contributed by atoms with Gasteiger partial charge in [-0.1, -0.05) is 17.7 Å². The summed E-state index contributed by atoms with van der Waals surface area (Å²) in [6.07, 6.45) is -4.72. The Balaban J connectivity index is 1.45. The van der Waals surface area contributed by atoms with E-state index in [1.54, 1.807) is 4.90 Å². The van der Waals surface area contributed by atoms with Crippen molar-refractivity contribution in [3.63, 3.8) is 0 Å². The summed E-state index contributed by atoms with van der Waals surface area (Å²) in [7, 11) is 1.96. The highest BCUT2D eigenvalue weighted by Gasteiger charge is 2.62. The average Bonchev–Trinajstić information content (AvgIpc) is 3.52. The van der Waals surface area contributed by atoms with E-state index in [4.69, 9.17) is 26.8 Å². The monoisotopic (exact) mass is 694 g/mol. The number of aliphatic hydroxyl groups is 1. The Labute approximate surface area is 274 Å². The van der Waals surface area contributed by atoms with Gasteiger partial charge in [0, 0.05) is 35.9 Å². The van der Waals surface area contributed by atoms with E-state index in [9.17, 15) is 27.9 Å². The van der Waals surface area contributed by atoms with Gasteiger partial charge in [-0.15, -0.1) is 11.3 Å². The number of ether oxygens (including phenoxy) is 2. The molecule has 4 aromatic rings. The number of alkyl halides is 3. The highest BCUT2D eigenvalue weighted by Crippen LogP contribution is 2.53. The molecule has 248 valence electrons. The van der Waals surface area contributed by atoms with Gasteiger partial charge in [0.05, 0.1) is 27.2 Å². The normalized spacial score (nSPS) is 23.8. The number of thiophene rings is 1. The van der Waals surface area contributed by atoms with Crippen LogP contribution < -0.4 is 20.1 Å². The molecule has 2 aliphatic heterocycles. The summed E-state index contributed by atoms with van der Waals surface area (Å²) in [5, 5.41) is 20.0. The number of fused-ring (bicyclic) bond motifs is 1. The molecule has 1 saturated carbocycles. The maximum Gasteiger partial charge on any atom is 0.417 e. The number of nitriles is 1. The summed E-state index contributed by atoms with van der Waals surface area (Å²) >= 11 is 7.73. The number of nitrogens with zero attached hydrogens (tertiary/aromatic N) is 5. The third-order valence-electron chi connectivity index (χ3n) is 9.52. The number of anilines is 2. The zero-order chi connectivity index (χ0) is 33.6.